The summed E-state index contributed by atoms with van der Waals surface area (Å²) in [4.78, 5) is 11.3. The molecule has 0 spiro atoms. The van der Waals surface area contributed by atoms with Gasteiger partial charge < -0.3 is 5.11 Å². The van der Waals surface area contributed by atoms with Crippen molar-refractivity contribution in [2.24, 2.45) is 0 Å². The quantitative estimate of drug-likeness (QED) is 0.708. The van der Waals surface area contributed by atoms with Crippen molar-refractivity contribution in [3.05, 3.63) is 24.0 Å². The first-order valence-electron chi connectivity index (χ1n) is 4.26. The van der Waals surface area contributed by atoms with E-state index in [0.717, 1.165) is 12.8 Å². The molecule has 0 saturated carbocycles. The minimum absolute atomic E-state index is 0.0101. The average molecular weight is 198 g/mol. The van der Waals surface area contributed by atoms with Crippen LogP contribution >= 0.6 is 11.8 Å². The van der Waals surface area contributed by atoms with E-state index in [1.807, 2.05) is 6.92 Å². The monoisotopic (exact) mass is 198 g/mol. The Labute approximate surface area is 82.7 Å². The molecule has 1 atom stereocenters. The highest BCUT2D eigenvalue weighted by Crippen LogP contribution is 2.44. The maximum absolute atomic E-state index is 11.3. The lowest BCUT2D eigenvalue weighted by Crippen LogP contribution is -2.19. The van der Waals surface area contributed by atoms with Crippen LogP contribution in [0.3, 0.4) is 0 Å². The number of allylic oxidation sites excluding steroid dienone is 1. The Bertz CT molecular complexity index is 281. The number of aliphatic hydroxyl groups is 1. The molecule has 0 saturated heterocycles. The lowest BCUT2D eigenvalue weighted by atomic mass is 10.00. The lowest BCUT2D eigenvalue weighted by Gasteiger charge is -2.21. The van der Waals surface area contributed by atoms with Gasteiger partial charge in [-0.15, -0.1) is 6.58 Å². The van der Waals surface area contributed by atoms with E-state index in [9.17, 15) is 9.90 Å². The number of thioether (sulfide) groups is 1. The minimum Gasteiger partial charge on any atom is -0.510 e. The van der Waals surface area contributed by atoms with Crippen molar-refractivity contribution in [3.63, 3.8) is 0 Å². The molecule has 0 amide bonds. The van der Waals surface area contributed by atoms with E-state index in [1.54, 1.807) is 13.0 Å². The fourth-order valence-electron chi connectivity index (χ4n) is 1.37. The summed E-state index contributed by atoms with van der Waals surface area (Å²) in [5.41, 5.74) is 0.497. The smallest absolute Gasteiger partial charge is 0.219 e. The Hall–Kier alpha value is -0.700. The van der Waals surface area contributed by atoms with Crippen molar-refractivity contribution in [3.8, 4) is 0 Å². The molecular formula is C10H14O2S. The highest BCUT2D eigenvalue weighted by atomic mass is 32.2. The number of rotatable bonds is 3. The van der Waals surface area contributed by atoms with Gasteiger partial charge >= 0.3 is 0 Å². The maximum Gasteiger partial charge on any atom is 0.219 e. The Morgan fingerprint density at radius 3 is 2.69 bits per heavy atom. The van der Waals surface area contributed by atoms with Crippen molar-refractivity contribution in [2.45, 2.75) is 31.4 Å². The molecule has 3 heteroatoms. The number of hydrogen-bond acceptors (Lipinski definition) is 3. The zero-order valence-corrected chi connectivity index (χ0v) is 8.78. The number of hydrogen-bond donors (Lipinski definition) is 1. The highest BCUT2D eigenvalue weighted by Gasteiger charge is 2.40. The second-order valence-corrected chi connectivity index (χ2v) is 4.90. The topological polar surface area (TPSA) is 37.3 Å². The third-order valence-electron chi connectivity index (χ3n) is 2.31. The molecule has 0 aliphatic carbocycles. The van der Waals surface area contributed by atoms with E-state index in [1.165, 1.54) is 11.8 Å². The Morgan fingerprint density at radius 2 is 2.31 bits per heavy atom. The summed E-state index contributed by atoms with van der Waals surface area (Å²) in [7, 11) is 0. The molecule has 1 N–H and O–H groups in total. The first kappa shape index (κ1) is 10.4. The van der Waals surface area contributed by atoms with Gasteiger partial charge in [-0.2, -0.15) is 0 Å². The fraction of sp³-hybridized carbons (Fsp3) is 0.500. The first-order valence-corrected chi connectivity index (χ1v) is 5.07. The molecule has 0 aromatic heterocycles. The second kappa shape index (κ2) is 3.58. The zero-order valence-electron chi connectivity index (χ0n) is 7.96. The molecule has 0 aromatic carbocycles. The van der Waals surface area contributed by atoms with Gasteiger partial charge in [0.05, 0.1) is 4.75 Å². The molecule has 0 radical (unpaired) electrons. The summed E-state index contributed by atoms with van der Waals surface area (Å²) in [6.07, 6.45) is 3.38. The number of carbonyl (C=O) groups is 1. The fourth-order valence-corrected chi connectivity index (χ4v) is 2.50. The molecule has 1 aliphatic rings. The molecule has 0 aromatic rings. The van der Waals surface area contributed by atoms with Crippen LogP contribution in [0.1, 0.15) is 26.7 Å². The van der Waals surface area contributed by atoms with Gasteiger partial charge in [0, 0.05) is 5.57 Å². The predicted molar refractivity (Wildman–Crippen MR) is 55.8 cm³/mol. The third kappa shape index (κ3) is 1.80. The van der Waals surface area contributed by atoms with E-state index >= 15 is 0 Å². The molecule has 1 aliphatic heterocycles. The van der Waals surface area contributed by atoms with Crippen LogP contribution in [0.25, 0.3) is 0 Å². The largest absolute Gasteiger partial charge is 0.510 e. The lowest BCUT2D eigenvalue weighted by molar-refractivity contribution is -0.107. The van der Waals surface area contributed by atoms with E-state index in [4.69, 9.17) is 0 Å². The Balaban J connectivity index is 2.83. The number of carbonyl (C=O) groups excluding carboxylic acids is 1. The van der Waals surface area contributed by atoms with Gasteiger partial charge in [0.15, 0.2) is 0 Å². The molecule has 13 heavy (non-hydrogen) atoms. The van der Waals surface area contributed by atoms with Crippen LogP contribution in [0.2, 0.25) is 0 Å². The minimum atomic E-state index is -0.421. The second-order valence-electron chi connectivity index (χ2n) is 3.42. The summed E-state index contributed by atoms with van der Waals surface area (Å²) >= 11 is 1.21. The summed E-state index contributed by atoms with van der Waals surface area (Å²) in [6, 6.07) is 0. The van der Waals surface area contributed by atoms with Gasteiger partial charge in [-0.25, -0.2) is 0 Å². The van der Waals surface area contributed by atoms with Gasteiger partial charge in [-0.1, -0.05) is 17.8 Å². The third-order valence-corrected chi connectivity index (χ3v) is 3.65. The summed E-state index contributed by atoms with van der Waals surface area (Å²) in [6.45, 7) is 7.19. The van der Waals surface area contributed by atoms with Crippen molar-refractivity contribution >= 4 is 16.9 Å². The number of aliphatic hydroxyl groups excluding tert-OH is 1. The van der Waals surface area contributed by atoms with Crippen LogP contribution in [-0.4, -0.2) is 15.0 Å². The van der Waals surface area contributed by atoms with E-state index in [2.05, 4.69) is 6.58 Å². The van der Waals surface area contributed by atoms with Crippen molar-refractivity contribution in [2.75, 3.05) is 0 Å². The van der Waals surface area contributed by atoms with E-state index in [-0.39, 0.29) is 10.9 Å². The van der Waals surface area contributed by atoms with Crippen LogP contribution in [0.5, 0.6) is 0 Å². The van der Waals surface area contributed by atoms with E-state index < -0.39 is 4.75 Å². The summed E-state index contributed by atoms with van der Waals surface area (Å²) in [5.74, 6) is 0.240. The molecular weight excluding hydrogens is 184 g/mol. The van der Waals surface area contributed by atoms with Gasteiger partial charge in [-0.05, 0) is 26.7 Å². The molecule has 0 bridgehead atoms. The van der Waals surface area contributed by atoms with Crippen LogP contribution in [0, 0.1) is 0 Å². The highest BCUT2D eigenvalue weighted by molar-refractivity contribution is 8.15. The molecule has 1 heterocycles. The zero-order chi connectivity index (χ0) is 10.1. The van der Waals surface area contributed by atoms with Crippen molar-refractivity contribution in [1.29, 1.82) is 0 Å². The first-order chi connectivity index (χ1) is 6.01. The predicted octanol–water partition coefficient (Wildman–Crippen LogP) is 2.82. The van der Waals surface area contributed by atoms with Crippen molar-refractivity contribution < 1.29 is 9.90 Å². The van der Waals surface area contributed by atoms with Gasteiger partial charge in [0.2, 0.25) is 5.12 Å². The van der Waals surface area contributed by atoms with Gasteiger partial charge in [0.1, 0.15) is 5.76 Å². The SMILES string of the molecule is C=CCCC1(C)SC(=O)C(C)=C1O. The van der Waals surface area contributed by atoms with Crippen LogP contribution in [0.4, 0.5) is 0 Å². The van der Waals surface area contributed by atoms with Gasteiger partial charge in [-0.3, -0.25) is 4.79 Å². The normalized spacial score (nSPS) is 28.3. The molecule has 0 fully saturated rings. The summed E-state index contributed by atoms with van der Waals surface area (Å²) in [5, 5.41) is 9.71. The molecule has 72 valence electrons. The van der Waals surface area contributed by atoms with Gasteiger partial charge in [0.25, 0.3) is 0 Å². The Morgan fingerprint density at radius 1 is 1.69 bits per heavy atom. The standard InChI is InChI=1S/C10H14O2S/c1-4-5-6-10(3)8(11)7(2)9(12)13-10/h4,11H,1,5-6H2,2-3H3. The molecule has 1 rings (SSSR count). The van der Waals surface area contributed by atoms with Crippen LogP contribution in [0.15, 0.2) is 24.0 Å². The van der Waals surface area contributed by atoms with Crippen LogP contribution < -0.4 is 0 Å². The van der Waals surface area contributed by atoms with Crippen molar-refractivity contribution in [1.82, 2.24) is 0 Å². The molecule has 2 nitrogen and oxygen atoms in total. The summed E-state index contributed by atoms with van der Waals surface area (Å²) < 4.78 is -0.421. The average Bonchev–Trinajstić information content (AvgIpc) is 2.28. The van der Waals surface area contributed by atoms with E-state index in [0.29, 0.717) is 5.57 Å². The molecule has 1 unspecified atom stereocenters. The maximum atomic E-state index is 11.3. The van der Waals surface area contributed by atoms with Crippen LogP contribution in [-0.2, 0) is 4.79 Å². The Kier molecular flexibility index (Phi) is 2.86.